The van der Waals surface area contributed by atoms with Gasteiger partial charge in [0.25, 0.3) is 0 Å². The third kappa shape index (κ3) is 4.14. The first kappa shape index (κ1) is 12.6. The maximum atomic E-state index is 5.10. The Bertz CT molecular complexity index is 329. The average Bonchev–Trinajstić information content (AvgIpc) is 3.15. The van der Waals surface area contributed by atoms with Crippen LogP contribution in [0.25, 0.3) is 0 Å². The lowest BCUT2D eigenvalue weighted by molar-refractivity contribution is 0.185. The van der Waals surface area contributed by atoms with Crippen LogP contribution < -0.4 is 5.32 Å². The van der Waals surface area contributed by atoms with Gasteiger partial charge in [0, 0.05) is 13.7 Å². The highest BCUT2D eigenvalue weighted by Gasteiger charge is 2.27. The predicted octanol–water partition coefficient (Wildman–Crippen LogP) is 2.97. The molecule has 0 aromatic heterocycles. The van der Waals surface area contributed by atoms with Gasteiger partial charge >= 0.3 is 0 Å². The van der Waals surface area contributed by atoms with Crippen molar-refractivity contribution in [3.8, 4) is 0 Å². The molecule has 0 radical (unpaired) electrons. The average molecular weight is 233 g/mol. The van der Waals surface area contributed by atoms with Gasteiger partial charge in [0.15, 0.2) is 0 Å². The summed E-state index contributed by atoms with van der Waals surface area (Å²) in [5.41, 5.74) is 2.59. The van der Waals surface area contributed by atoms with Gasteiger partial charge in [0.05, 0.1) is 6.61 Å². The maximum Gasteiger partial charge on any atom is 0.0713 e. The van der Waals surface area contributed by atoms with E-state index in [-0.39, 0.29) is 0 Å². The van der Waals surface area contributed by atoms with Crippen LogP contribution in [0.5, 0.6) is 0 Å². The SMILES string of the molecule is COCc1ccc(CNCC(C)C2CC2)cc1. The van der Waals surface area contributed by atoms with E-state index in [1.165, 1.54) is 24.0 Å². The number of hydrogen-bond acceptors (Lipinski definition) is 2. The highest BCUT2D eigenvalue weighted by Crippen LogP contribution is 2.36. The van der Waals surface area contributed by atoms with Gasteiger partial charge in [-0.3, -0.25) is 0 Å². The summed E-state index contributed by atoms with van der Waals surface area (Å²) in [6.07, 6.45) is 2.88. The first-order chi connectivity index (χ1) is 8.29. The molecule has 1 N–H and O–H groups in total. The Morgan fingerprint density at radius 1 is 1.24 bits per heavy atom. The van der Waals surface area contributed by atoms with Crippen LogP contribution >= 0.6 is 0 Å². The predicted molar refractivity (Wildman–Crippen MR) is 70.7 cm³/mol. The minimum atomic E-state index is 0.701. The quantitative estimate of drug-likeness (QED) is 0.781. The Balaban J connectivity index is 1.70. The molecule has 1 atom stereocenters. The molecular weight excluding hydrogens is 210 g/mol. The van der Waals surface area contributed by atoms with E-state index in [0.29, 0.717) is 6.61 Å². The van der Waals surface area contributed by atoms with Crippen LogP contribution in [0.2, 0.25) is 0 Å². The fraction of sp³-hybridized carbons (Fsp3) is 0.600. The van der Waals surface area contributed by atoms with Crippen molar-refractivity contribution < 1.29 is 4.74 Å². The van der Waals surface area contributed by atoms with Crippen molar-refractivity contribution in [3.63, 3.8) is 0 Å². The number of ether oxygens (including phenoxy) is 1. The smallest absolute Gasteiger partial charge is 0.0713 e. The second-order valence-corrected chi connectivity index (χ2v) is 5.20. The van der Waals surface area contributed by atoms with Crippen LogP contribution in [-0.2, 0) is 17.9 Å². The molecule has 1 unspecified atom stereocenters. The summed E-state index contributed by atoms with van der Waals surface area (Å²) in [5, 5.41) is 3.54. The Morgan fingerprint density at radius 2 is 1.88 bits per heavy atom. The summed E-state index contributed by atoms with van der Waals surface area (Å²) in [6.45, 7) is 5.17. The molecular formula is C15H23NO. The van der Waals surface area contributed by atoms with Crippen LogP contribution in [0.3, 0.4) is 0 Å². The van der Waals surface area contributed by atoms with Crippen molar-refractivity contribution >= 4 is 0 Å². The Labute approximate surface area is 104 Å². The molecule has 1 aliphatic carbocycles. The van der Waals surface area contributed by atoms with Crippen LogP contribution in [-0.4, -0.2) is 13.7 Å². The van der Waals surface area contributed by atoms with Crippen molar-refractivity contribution in [1.82, 2.24) is 5.32 Å². The van der Waals surface area contributed by atoms with Crippen molar-refractivity contribution in [3.05, 3.63) is 35.4 Å². The molecule has 0 amide bonds. The zero-order valence-corrected chi connectivity index (χ0v) is 10.9. The van der Waals surface area contributed by atoms with E-state index < -0.39 is 0 Å². The normalized spacial score (nSPS) is 17.1. The molecule has 17 heavy (non-hydrogen) atoms. The molecule has 1 aromatic carbocycles. The number of rotatable bonds is 7. The molecule has 0 saturated heterocycles. The van der Waals surface area contributed by atoms with E-state index in [1.807, 2.05) is 0 Å². The standard InChI is InChI=1S/C15H23NO/c1-12(15-7-8-15)9-16-10-13-3-5-14(6-4-13)11-17-2/h3-6,12,15-16H,7-11H2,1-2H3. The van der Waals surface area contributed by atoms with Gasteiger partial charge in [-0.2, -0.15) is 0 Å². The molecule has 1 fully saturated rings. The van der Waals surface area contributed by atoms with Gasteiger partial charge in [0.2, 0.25) is 0 Å². The van der Waals surface area contributed by atoms with Crippen molar-refractivity contribution in [2.24, 2.45) is 11.8 Å². The molecule has 2 heteroatoms. The van der Waals surface area contributed by atoms with Crippen LogP contribution in [0, 0.1) is 11.8 Å². The lowest BCUT2D eigenvalue weighted by atomic mass is 10.1. The third-order valence-electron chi connectivity index (χ3n) is 3.56. The number of benzene rings is 1. The van der Waals surface area contributed by atoms with Gasteiger partial charge in [-0.05, 0) is 42.3 Å². The molecule has 2 nitrogen and oxygen atoms in total. The lowest BCUT2D eigenvalue weighted by Crippen LogP contribution is -2.21. The van der Waals surface area contributed by atoms with E-state index in [1.54, 1.807) is 7.11 Å². The van der Waals surface area contributed by atoms with Crippen LogP contribution in [0.4, 0.5) is 0 Å². The first-order valence-corrected chi connectivity index (χ1v) is 6.57. The van der Waals surface area contributed by atoms with Gasteiger partial charge in [-0.1, -0.05) is 31.2 Å². The Kier molecular flexibility index (Phi) is 4.57. The molecule has 0 heterocycles. The van der Waals surface area contributed by atoms with Crippen LogP contribution in [0.1, 0.15) is 30.9 Å². The van der Waals surface area contributed by atoms with Crippen molar-refractivity contribution in [2.45, 2.75) is 32.9 Å². The number of methoxy groups -OCH3 is 1. The Hall–Kier alpha value is -0.860. The fourth-order valence-corrected chi connectivity index (χ4v) is 2.20. The molecule has 1 aliphatic rings. The van der Waals surface area contributed by atoms with E-state index in [9.17, 15) is 0 Å². The molecule has 2 rings (SSSR count). The topological polar surface area (TPSA) is 21.3 Å². The van der Waals surface area contributed by atoms with Crippen molar-refractivity contribution in [2.75, 3.05) is 13.7 Å². The number of nitrogens with one attached hydrogen (secondary N) is 1. The summed E-state index contributed by atoms with van der Waals surface area (Å²) < 4.78 is 5.10. The molecule has 0 spiro atoms. The van der Waals surface area contributed by atoms with Gasteiger partial charge < -0.3 is 10.1 Å². The molecule has 1 saturated carbocycles. The monoisotopic (exact) mass is 233 g/mol. The third-order valence-corrected chi connectivity index (χ3v) is 3.56. The second-order valence-electron chi connectivity index (χ2n) is 5.20. The summed E-state index contributed by atoms with van der Waals surface area (Å²) in [7, 11) is 1.73. The van der Waals surface area contributed by atoms with Gasteiger partial charge in [0.1, 0.15) is 0 Å². The van der Waals surface area contributed by atoms with Crippen LogP contribution in [0.15, 0.2) is 24.3 Å². The summed E-state index contributed by atoms with van der Waals surface area (Å²) in [5.74, 6) is 1.83. The van der Waals surface area contributed by atoms with E-state index in [0.717, 1.165) is 24.9 Å². The first-order valence-electron chi connectivity index (χ1n) is 6.57. The molecule has 0 aliphatic heterocycles. The highest BCUT2D eigenvalue weighted by molar-refractivity contribution is 5.21. The lowest BCUT2D eigenvalue weighted by Gasteiger charge is -2.11. The largest absolute Gasteiger partial charge is 0.380 e. The van der Waals surface area contributed by atoms with E-state index >= 15 is 0 Å². The van der Waals surface area contributed by atoms with E-state index in [4.69, 9.17) is 4.74 Å². The van der Waals surface area contributed by atoms with Gasteiger partial charge in [-0.25, -0.2) is 0 Å². The minimum absolute atomic E-state index is 0.701. The fourth-order valence-electron chi connectivity index (χ4n) is 2.20. The molecule has 1 aromatic rings. The van der Waals surface area contributed by atoms with Crippen molar-refractivity contribution in [1.29, 1.82) is 0 Å². The van der Waals surface area contributed by atoms with E-state index in [2.05, 4.69) is 36.5 Å². The zero-order chi connectivity index (χ0) is 12.1. The molecule has 0 bridgehead atoms. The summed E-state index contributed by atoms with van der Waals surface area (Å²) in [4.78, 5) is 0. The Morgan fingerprint density at radius 3 is 2.47 bits per heavy atom. The zero-order valence-electron chi connectivity index (χ0n) is 10.9. The maximum absolute atomic E-state index is 5.10. The summed E-state index contributed by atoms with van der Waals surface area (Å²) in [6, 6.07) is 8.65. The molecule has 94 valence electrons. The van der Waals surface area contributed by atoms with Gasteiger partial charge in [-0.15, -0.1) is 0 Å². The number of hydrogen-bond donors (Lipinski definition) is 1. The second kappa shape index (κ2) is 6.18. The highest BCUT2D eigenvalue weighted by atomic mass is 16.5. The minimum Gasteiger partial charge on any atom is -0.380 e. The summed E-state index contributed by atoms with van der Waals surface area (Å²) >= 11 is 0.